The fourth-order valence-electron chi connectivity index (χ4n) is 10.5. The van der Waals surface area contributed by atoms with Gasteiger partial charge in [0.25, 0.3) is 0 Å². The van der Waals surface area contributed by atoms with Crippen LogP contribution in [0.4, 0.5) is 5.69 Å². The average molecular weight is 1210 g/mol. The van der Waals surface area contributed by atoms with E-state index in [2.05, 4.69) is 69.4 Å². The van der Waals surface area contributed by atoms with Gasteiger partial charge in [0.15, 0.2) is 28.9 Å². The molecule has 1 aromatic carbocycles. The second-order valence-electron chi connectivity index (χ2n) is 21.2. The quantitative estimate of drug-likeness (QED) is 0.0260. The molecule has 8 heterocycles. The van der Waals surface area contributed by atoms with Crippen LogP contribution in [-0.2, 0) is 62.2 Å². The van der Waals surface area contributed by atoms with E-state index in [0.29, 0.717) is 93.3 Å². The van der Waals surface area contributed by atoms with Crippen LogP contribution >= 0.6 is 35.3 Å². The molecule has 0 bridgehead atoms. The number of furan rings is 1. The Hall–Kier alpha value is -6.86. The SMILES string of the molecule is COCCOCCNC1CCC(Cc2nccc(/C=C3\SC(=O)CC3=O)n2)CC1.NC(=NC1CCC(Cc2nccc(/C=C3\SC(=O)CC3=O)n2)CC1)c1ccco1.O=C1CC(=O)/C(=C/c2ccnc(Cc3ccc(N4CCOCC4)cc3)n2)S1. The highest BCUT2D eigenvalue weighted by Gasteiger charge is 2.29. The Balaban J connectivity index is 0.000000153. The predicted molar refractivity (Wildman–Crippen MR) is 328 cm³/mol. The molecule has 85 heavy (non-hydrogen) atoms. The summed E-state index contributed by atoms with van der Waals surface area (Å²) in [6.45, 7) is 6.23. The fraction of sp³-hybridized carbons (Fsp3) is 0.435. The molecule has 6 aliphatic rings. The third-order valence-corrected chi connectivity index (χ3v) is 17.7. The standard InChI is InChI=1S/C21H22N4O3S.C21H29N3O4S.C20H19N3O3S/c22-21(17-2-1-9-28-17)25-14-5-3-13(4-6-14)10-19-23-8-7-15(24-19)11-18-16(26)12-20(27)29-18;1-27-10-11-28-9-8-22-16-4-2-15(3-5-16)12-20-23-7-6-17(24-20)13-19-18(25)14-21(26)29-19;24-17-13-20(25)27-18(17)12-15-5-6-21-19(22-15)11-14-1-3-16(4-2-14)23-7-9-26-10-8-23/h1-2,7-9,11,13-14H,3-6,10,12H2,(H2,22,25);6-7,13,15-16,22H,2-5,8-12,14H2,1H3;1-6,12H,7-11,13H2/b18-11-;19-13-;18-12-. The zero-order valence-corrected chi connectivity index (χ0v) is 50.0. The Kier molecular flexibility index (Phi) is 23.6. The lowest BCUT2D eigenvalue weighted by atomic mass is 9.84. The van der Waals surface area contributed by atoms with Crippen LogP contribution in [0.3, 0.4) is 0 Å². The van der Waals surface area contributed by atoms with Gasteiger partial charge < -0.3 is 34.6 Å². The van der Waals surface area contributed by atoms with E-state index in [1.54, 1.807) is 74.5 Å². The first-order valence-corrected chi connectivity index (χ1v) is 31.2. The monoisotopic (exact) mass is 1210 g/mol. The number of aromatic nitrogens is 6. The lowest BCUT2D eigenvalue weighted by molar-refractivity contribution is -0.120. The molecule has 0 amide bonds. The first-order valence-electron chi connectivity index (χ1n) is 28.8. The van der Waals surface area contributed by atoms with Crippen LogP contribution in [0.5, 0.6) is 0 Å². The van der Waals surface area contributed by atoms with Crippen molar-refractivity contribution in [3.8, 4) is 0 Å². The van der Waals surface area contributed by atoms with E-state index in [9.17, 15) is 28.8 Å². The molecule has 4 saturated heterocycles. The summed E-state index contributed by atoms with van der Waals surface area (Å²) in [7, 11) is 1.68. The Bertz CT molecular complexity index is 3260. The van der Waals surface area contributed by atoms with Crippen LogP contribution in [0.15, 0.2) is 104 Å². The molecule has 0 radical (unpaired) electrons. The van der Waals surface area contributed by atoms with E-state index in [1.165, 1.54) is 5.69 Å². The number of allylic oxidation sites excluding steroid dienone is 3. The van der Waals surface area contributed by atoms with E-state index >= 15 is 0 Å². The number of thioether (sulfide) groups is 3. The summed E-state index contributed by atoms with van der Waals surface area (Å²) in [6.07, 6.45) is 22.6. The fourth-order valence-corrected chi connectivity index (χ4v) is 12.9. The Morgan fingerprint density at radius 3 is 1.64 bits per heavy atom. The number of hydrogen-bond donors (Lipinski definition) is 2. The normalized spacial score (nSPS) is 22.5. The number of benzene rings is 1. The van der Waals surface area contributed by atoms with Gasteiger partial charge in [0.1, 0.15) is 17.5 Å². The molecule has 2 saturated carbocycles. The number of hydrogen-bond acceptors (Lipinski definition) is 22. The van der Waals surface area contributed by atoms with Gasteiger partial charge >= 0.3 is 0 Å². The Morgan fingerprint density at radius 2 is 1.15 bits per heavy atom. The predicted octanol–water partition coefficient (Wildman–Crippen LogP) is 8.03. The Morgan fingerprint density at radius 1 is 0.647 bits per heavy atom. The molecule has 23 heteroatoms. The summed E-state index contributed by atoms with van der Waals surface area (Å²) in [6, 6.07) is 18.1. The molecule has 0 atom stereocenters. The third-order valence-electron chi connectivity index (χ3n) is 14.9. The second-order valence-corrected chi connectivity index (χ2v) is 24.5. The number of rotatable bonds is 19. The van der Waals surface area contributed by atoms with Gasteiger partial charge in [0.2, 0.25) is 15.3 Å². The molecule has 11 rings (SSSR count). The van der Waals surface area contributed by atoms with Crippen molar-refractivity contribution in [1.29, 1.82) is 0 Å². The number of anilines is 1. The average Bonchev–Trinajstić information content (AvgIpc) is 4.39. The van der Waals surface area contributed by atoms with E-state index in [4.69, 9.17) is 24.4 Å². The number of amidine groups is 1. The number of nitrogens with two attached hydrogens (primary N) is 1. The number of nitrogens with zero attached hydrogens (tertiary/aromatic N) is 8. The number of nitrogens with one attached hydrogen (secondary N) is 1. The first-order chi connectivity index (χ1) is 41.4. The van der Waals surface area contributed by atoms with Crippen LogP contribution in [0.2, 0.25) is 0 Å². The van der Waals surface area contributed by atoms with Crippen LogP contribution in [0, 0.1) is 11.8 Å². The maximum absolute atomic E-state index is 11.8. The van der Waals surface area contributed by atoms with Gasteiger partial charge in [0.05, 0.1) is 96.4 Å². The van der Waals surface area contributed by atoms with Gasteiger partial charge in [-0.25, -0.2) is 29.9 Å². The number of carbonyl (C=O) groups excluding carboxylic acids is 6. The van der Waals surface area contributed by atoms with Crippen molar-refractivity contribution in [3.05, 3.63) is 140 Å². The van der Waals surface area contributed by atoms with E-state index in [-0.39, 0.29) is 58.0 Å². The van der Waals surface area contributed by atoms with Crippen molar-refractivity contribution >= 4 is 97.7 Å². The minimum Gasteiger partial charge on any atom is -0.461 e. The number of aliphatic imine (C=N–C) groups is 1. The molecule has 0 spiro atoms. The maximum atomic E-state index is 11.8. The van der Waals surface area contributed by atoms with Crippen molar-refractivity contribution < 1.29 is 47.4 Å². The molecule has 3 N–H and O–H groups in total. The maximum Gasteiger partial charge on any atom is 0.201 e. The van der Waals surface area contributed by atoms with E-state index in [1.807, 2.05) is 6.07 Å². The van der Waals surface area contributed by atoms with Crippen molar-refractivity contribution in [2.75, 3.05) is 64.7 Å². The zero-order valence-electron chi connectivity index (χ0n) is 47.6. The number of methoxy groups -OCH3 is 1. The van der Waals surface area contributed by atoms with Gasteiger partial charge in [-0.15, -0.1) is 0 Å². The van der Waals surface area contributed by atoms with Crippen LogP contribution in [0.1, 0.15) is 117 Å². The zero-order chi connectivity index (χ0) is 59.3. The number of ketones is 3. The molecular weight excluding hydrogens is 1140 g/mol. The van der Waals surface area contributed by atoms with Gasteiger partial charge in [0, 0.05) is 76.3 Å². The third kappa shape index (κ3) is 19.8. The van der Waals surface area contributed by atoms with Crippen LogP contribution in [-0.4, -0.2) is 140 Å². The highest BCUT2D eigenvalue weighted by atomic mass is 32.2. The van der Waals surface area contributed by atoms with Gasteiger partial charge in [-0.05, 0) is 165 Å². The lowest BCUT2D eigenvalue weighted by Gasteiger charge is -2.29. The highest BCUT2D eigenvalue weighted by molar-refractivity contribution is 8.19. The molecule has 2 aliphatic carbocycles. The summed E-state index contributed by atoms with van der Waals surface area (Å²) in [5.41, 5.74) is 10.4. The van der Waals surface area contributed by atoms with Crippen molar-refractivity contribution in [2.24, 2.45) is 22.6 Å². The van der Waals surface area contributed by atoms with Gasteiger partial charge in [-0.1, -0.05) is 12.1 Å². The number of Topliss-reactive ketones (excluding diaryl/α,β-unsaturated/α-hetero) is 3. The first kappa shape index (κ1) is 62.7. The molecule has 0 unspecified atom stereocenters. The van der Waals surface area contributed by atoms with Crippen LogP contribution < -0.4 is 16.0 Å². The number of carbonyl (C=O) groups is 6. The molecule has 6 fully saturated rings. The highest BCUT2D eigenvalue weighted by Crippen LogP contribution is 2.34. The summed E-state index contributed by atoms with van der Waals surface area (Å²) in [5.74, 6) is 4.04. The summed E-state index contributed by atoms with van der Waals surface area (Å²) >= 11 is 3.00. The largest absolute Gasteiger partial charge is 0.461 e. The van der Waals surface area contributed by atoms with E-state index < -0.39 is 0 Å². The lowest BCUT2D eigenvalue weighted by Crippen LogP contribution is -2.36. The Labute approximate surface area is 507 Å². The molecule has 20 nitrogen and oxygen atoms in total. The smallest absolute Gasteiger partial charge is 0.201 e. The second kappa shape index (κ2) is 32.0. The molecule has 4 aromatic heterocycles. The number of morpholine rings is 1. The molecular formula is C62H70N10O10S3. The van der Waals surface area contributed by atoms with Gasteiger partial charge in [-0.3, -0.25) is 33.8 Å². The van der Waals surface area contributed by atoms with Gasteiger partial charge in [-0.2, -0.15) is 0 Å². The van der Waals surface area contributed by atoms with Crippen LogP contribution in [0.25, 0.3) is 18.2 Å². The van der Waals surface area contributed by atoms with E-state index in [0.717, 1.165) is 150 Å². The minimum absolute atomic E-state index is 0.00893. The summed E-state index contributed by atoms with van der Waals surface area (Å²) in [4.78, 5) is 105. The minimum atomic E-state index is -0.135. The molecule has 446 valence electrons. The van der Waals surface area contributed by atoms with Crippen molar-refractivity contribution in [2.45, 2.75) is 102 Å². The van der Waals surface area contributed by atoms with Crippen molar-refractivity contribution in [3.63, 3.8) is 0 Å². The number of ether oxygens (including phenoxy) is 3. The topological polar surface area (TPSA) is 274 Å². The van der Waals surface area contributed by atoms with Crippen molar-refractivity contribution in [1.82, 2.24) is 35.2 Å². The molecule has 4 aliphatic heterocycles. The molecule has 5 aromatic rings. The summed E-state index contributed by atoms with van der Waals surface area (Å²) in [5, 5.41) is 3.26. The summed E-state index contributed by atoms with van der Waals surface area (Å²) < 4.78 is 21.1.